The lowest BCUT2D eigenvalue weighted by Crippen LogP contribution is -2.46. The molecule has 2 aliphatic rings. The number of aromatic amines is 1. The van der Waals surface area contributed by atoms with Crippen molar-refractivity contribution in [3.05, 3.63) is 36.3 Å². The second-order valence-corrected chi connectivity index (χ2v) is 11.1. The van der Waals surface area contributed by atoms with Gasteiger partial charge in [-0.1, -0.05) is 0 Å². The number of piperidine rings is 1. The van der Waals surface area contributed by atoms with Gasteiger partial charge in [0.1, 0.15) is 18.2 Å². The standard InChI is InChI=1S/C24H28F3N5OS/c1-23(2,3)32-8-6-15(7-9-32)34-16-4-5-20-17(12-16)22-29-19(14-31(22)10-11-33-20)18-13-28-30-21(18)24(25,26)27/h4-5,12-15H,6-11H2,1-3H3,(H,28,30). The number of fused-ring (bicyclic) bond motifs is 3. The molecule has 0 unspecified atom stereocenters. The summed E-state index contributed by atoms with van der Waals surface area (Å²) in [7, 11) is 0. The van der Waals surface area contributed by atoms with Crippen LogP contribution in [0.15, 0.2) is 35.5 Å². The van der Waals surface area contributed by atoms with E-state index in [2.05, 4.69) is 53.0 Å². The van der Waals surface area contributed by atoms with Crippen LogP contribution in [-0.4, -0.2) is 55.1 Å². The zero-order valence-electron chi connectivity index (χ0n) is 19.4. The van der Waals surface area contributed by atoms with Gasteiger partial charge in [-0.05, 0) is 64.9 Å². The summed E-state index contributed by atoms with van der Waals surface area (Å²) < 4.78 is 47.9. The van der Waals surface area contributed by atoms with Crippen LogP contribution >= 0.6 is 11.8 Å². The van der Waals surface area contributed by atoms with Crippen LogP contribution in [0, 0.1) is 0 Å². The summed E-state index contributed by atoms with van der Waals surface area (Å²) in [6.07, 6.45) is 0.586. The Balaban J connectivity index is 1.41. The normalized spacial score (nSPS) is 17.7. The van der Waals surface area contributed by atoms with E-state index in [0.717, 1.165) is 36.4 Å². The average molecular weight is 492 g/mol. The SMILES string of the molecule is CC(C)(C)N1CCC(Sc2ccc3c(c2)-c2nc(-c4c[nH]nc4C(F)(F)F)cn2CCO3)CC1. The van der Waals surface area contributed by atoms with Gasteiger partial charge in [-0.15, -0.1) is 11.8 Å². The molecule has 2 aromatic heterocycles. The van der Waals surface area contributed by atoms with Crippen molar-refractivity contribution in [1.29, 1.82) is 0 Å². The molecular weight excluding hydrogens is 463 g/mol. The van der Waals surface area contributed by atoms with E-state index in [0.29, 0.717) is 30.0 Å². The molecule has 182 valence electrons. The summed E-state index contributed by atoms with van der Waals surface area (Å²) in [5, 5.41) is 6.26. The number of halogens is 3. The fourth-order valence-electron chi connectivity index (χ4n) is 4.61. The van der Waals surface area contributed by atoms with Gasteiger partial charge in [-0.25, -0.2) is 4.98 Å². The summed E-state index contributed by atoms with van der Waals surface area (Å²) in [4.78, 5) is 8.25. The van der Waals surface area contributed by atoms with Gasteiger partial charge in [0.05, 0.1) is 23.4 Å². The first kappa shape index (κ1) is 23.3. The van der Waals surface area contributed by atoms with E-state index in [-0.39, 0.29) is 16.8 Å². The molecule has 0 radical (unpaired) electrons. The molecule has 0 bridgehead atoms. The van der Waals surface area contributed by atoms with Gasteiger partial charge in [0.25, 0.3) is 0 Å². The van der Waals surface area contributed by atoms with Crippen molar-refractivity contribution >= 4 is 11.8 Å². The van der Waals surface area contributed by atoms with Gasteiger partial charge in [-0.3, -0.25) is 10.00 Å². The highest BCUT2D eigenvalue weighted by atomic mass is 32.2. The summed E-state index contributed by atoms with van der Waals surface area (Å²) in [5.74, 6) is 1.31. The van der Waals surface area contributed by atoms with Crippen LogP contribution in [-0.2, 0) is 12.7 Å². The predicted molar refractivity (Wildman–Crippen MR) is 126 cm³/mol. The molecule has 6 nitrogen and oxygen atoms in total. The van der Waals surface area contributed by atoms with E-state index in [4.69, 9.17) is 4.74 Å². The van der Waals surface area contributed by atoms with Crippen LogP contribution in [0.25, 0.3) is 22.6 Å². The van der Waals surface area contributed by atoms with Crippen molar-refractivity contribution in [3.8, 4) is 28.4 Å². The second-order valence-electron chi connectivity index (χ2n) is 9.77. The fraction of sp³-hybridized carbons (Fsp3) is 0.500. The number of H-pyrrole nitrogens is 1. The molecule has 34 heavy (non-hydrogen) atoms. The molecule has 0 amide bonds. The maximum Gasteiger partial charge on any atom is 0.435 e. The number of thioether (sulfide) groups is 1. The molecule has 10 heteroatoms. The van der Waals surface area contributed by atoms with E-state index in [1.165, 1.54) is 6.20 Å². The number of alkyl halides is 3. The first-order chi connectivity index (χ1) is 16.1. The molecule has 1 fully saturated rings. The lowest BCUT2D eigenvalue weighted by molar-refractivity contribution is -0.140. The Labute approximate surface area is 200 Å². The van der Waals surface area contributed by atoms with Crippen LogP contribution < -0.4 is 4.74 Å². The summed E-state index contributed by atoms with van der Waals surface area (Å²) in [5.41, 5.74) is 0.233. The lowest BCUT2D eigenvalue weighted by atomic mass is 10.0. The number of nitrogens with zero attached hydrogens (tertiary/aromatic N) is 4. The third-order valence-corrected chi connectivity index (χ3v) is 7.77. The molecule has 0 aliphatic carbocycles. The van der Waals surface area contributed by atoms with Gasteiger partial charge in [-0.2, -0.15) is 18.3 Å². The minimum Gasteiger partial charge on any atom is -0.491 e. The number of hydrogen-bond donors (Lipinski definition) is 1. The van der Waals surface area contributed by atoms with Crippen molar-refractivity contribution in [1.82, 2.24) is 24.6 Å². The van der Waals surface area contributed by atoms with Crippen molar-refractivity contribution in [2.75, 3.05) is 19.7 Å². The number of benzene rings is 1. The predicted octanol–water partition coefficient (Wildman–Crippen LogP) is 5.71. The second kappa shape index (κ2) is 8.64. The number of hydrogen-bond acceptors (Lipinski definition) is 5. The monoisotopic (exact) mass is 491 g/mol. The number of imidazole rings is 1. The number of aromatic nitrogens is 4. The Morgan fingerprint density at radius 3 is 2.56 bits per heavy atom. The van der Waals surface area contributed by atoms with Crippen LogP contribution in [0.5, 0.6) is 5.75 Å². The van der Waals surface area contributed by atoms with Gasteiger partial charge in [0, 0.05) is 28.1 Å². The molecule has 2 aliphatic heterocycles. The van der Waals surface area contributed by atoms with Crippen molar-refractivity contribution < 1.29 is 17.9 Å². The fourth-order valence-corrected chi connectivity index (χ4v) is 5.77. The molecule has 0 saturated carbocycles. The van der Waals surface area contributed by atoms with Gasteiger partial charge < -0.3 is 9.30 Å². The first-order valence-corrected chi connectivity index (χ1v) is 12.3. The minimum absolute atomic E-state index is 0.0494. The molecular formula is C24H28F3N5OS. The van der Waals surface area contributed by atoms with Crippen molar-refractivity contribution in [2.45, 2.75) is 62.0 Å². The van der Waals surface area contributed by atoms with Crippen LogP contribution in [0.4, 0.5) is 13.2 Å². The molecule has 1 N–H and O–H groups in total. The largest absolute Gasteiger partial charge is 0.491 e. The van der Waals surface area contributed by atoms with Crippen molar-refractivity contribution in [3.63, 3.8) is 0 Å². The van der Waals surface area contributed by atoms with Gasteiger partial charge in [0.2, 0.25) is 0 Å². The Morgan fingerprint density at radius 2 is 1.85 bits per heavy atom. The van der Waals surface area contributed by atoms with Gasteiger partial charge in [0.15, 0.2) is 5.69 Å². The zero-order chi connectivity index (χ0) is 24.1. The van der Waals surface area contributed by atoms with Gasteiger partial charge >= 0.3 is 6.18 Å². The number of likely N-dealkylation sites (tertiary alicyclic amines) is 1. The maximum atomic E-state index is 13.4. The van der Waals surface area contributed by atoms with Crippen LogP contribution in [0.1, 0.15) is 39.3 Å². The number of ether oxygens (including phenoxy) is 1. The summed E-state index contributed by atoms with van der Waals surface area (Å²) >= 11 is 1.86. The Bertz CT molecular complexity index is 1170. The average Bonchev–Trinajstić information content (AvgIpc) is 3.38. The third kappa shape index (κ3) is 4.57. The third-order valence-electron chi connectivity index (χ3n) is 6.44. The molecule has 3 aromatic rings. The highest BCUT2D eigenvalue weighted by Gasteiger charge is 2.37. The molecule has 0 spiro atoms. The van der Waals surface area contributed by atoms with Crippen LogP contribution in [0.2, 0.25) is 0 Å². The first-order valence-electron chi connectivity index (χ1n) is 11.5. The molecule has 1 aromatic carbocycles. The van der Waals surface area contributed by atoms with E-state index < -0.39 is 11.9 Å². The van der Waals surface area contributed by atoms with Crippen LogP contribution in [0.3, 0.4) is 0 Å². The lowest BCUT2D eigenvalue weighted by Gasteiger charge is -2.40. The maximum absolute atomic E-state index is 13.4. The van der Waals surface area contributed by atoms with E-state index >= 15 is 0 Å². The molecule has 5 rings (SSSR count). The summed E-state index contributed by atoms with van der Waals surface area (Å²) in [6.45, 7) is 9.85. The summed E-state index contributed by atoms with van der Waals surface area (Å²) in [6, 6.07) is 6.08. The number of nitrogens with one attached hydrogen (secondary N) is 1. The quantitative estimate of drug-likeness (QED) is 0.509. The highest BCUT2D eigenvalue weighted by Crippen LogP contribution is 2.41. The Hall–Kier alpha value is -2.46. The molecule has 0 atom stereocenters. The Morgan fingerprint density at radius 1 is 1.09 bits per heavy atom. The van der Waals surface area contributed by atoms with E-state index in [1.807, 2.05) is 22.4 Å². The Kier molecular flexibility index (Phi) is 5.92. The topological polar surface area (TPSA) is 59.0 Å². The molecule has 1 saturated heterocycles. The van der Waals surface area contributed by atoms with Crippen molar-refractivity contribution in [2.24, 2.45) is 0 Å². The van der Waals surface area contributed by atoms with E-state index in [9.17, 15) is 13.2 Å². The minimum atomic E-state index is -4.55. The molecule has 4 heterocycles. The van der Waals surface area contributed by atoms with E-state index in [1.54, 1.807) is 6.20 Å². The smallest absolute Gasteiger partial charge is 0.435 e. The highest BCUT2D eigenvalue weighted by molar-refractivity contribution is 8.00. The number of rotatable bonds is 3. The zero-order valence-corrected chi connectivity index (χ0v) is 20.3.